The van der Waals surface area contributed by atoms with Crippen LogP contribution in [0.1, 0.15) is 40.7 Å². The van der Waals surface area contributed by atoms with Gasteiger partial charge in [0.1, 0.15) is 33.5 Å². The average Bonchev–Trinajstić information content (AvgIpc) is 4.23. The molecule has 0 saturated carbocycles. The average molecular weight is 1300 g/mol. The van der Waals surface area contributed by atoms with Gasteiger partial charge in [0, 0.05) is 21.9 Å². The molecular weight excluding hydrogens is 1260 g/mol. The van der Waals surface area contributed by atoms with E-state index >= 15 is 0 Å². The molecule has 0 unspecified atom stereocenters. The van der Waals surface area contributed by atoms with Crippen LogP contribution < -0.4 is 4.74 Å². The summed E-state index contributed by atoms with van der Waals surface area (Å²) in [6.07, 6.45) is -0.193. The van der Waals surface area contributed by atoms with Gasteiger partial charge in [-0.25, -0.2) is 9.97 Å². The van der Waals surface area contributed by atoms with Gasteiger partial charge in [-0.3, -0.25) is 27.2 Å². The zero-order chi connectivity index (χ0) is 61.3. The summed E-state index contributed by atoms with van der Waals surface area (Å²) in [4.78, 5) is 7.45. The number of azo groups is 3. The topological polar surface area (TPSA) is 481 Å². The maximum absolute atomic E-state index is 12.5. The van der Waals surface area contributed by atoms with E-state index in [1.54, 1.807) is 19.9 Å². The SMILES string of the molecule is Cc1cc(N=Nc2cc(OCCCS(=O)(=O)O)c(N=Nc3c(C)c(C#N)c4nc5cc(S(=O)(=O)O)c(C)cc5n4c3O)cc2C)c(SCCCS(=O)(=O)O)cc1N=Nc1nc2c(S(=O)(=O)O)cc3ccc(S(=O)(=O)O)cc3c2s1.O=S(=O)=O. The number of hydrogen-bond donors (Lipinski definition) is 6. The Kier molecular flexibility index (Phi) is 18.6. The number of aromatic hydroxyl groups is 1. The normalized spacial score (nSPS) is 12.8. The number of nitrogens with zero attached hydrogens (tertiary/aromatic N) is 10. The van der Waals surface area contributed by atoms with Gasteiger partial charge in [-0.1, -0.05) is 17.4 Å². The minimum absolute atomic E-state index is 0.00357. The van der Waals surface area contributed by atoms with Crippen LogP contribution in [-0.4, -0.2) is 121 Å². The molecule has 0 bridgehead atoms. The molecule has 3 aromatic heterocycles. The van der Waals surface area contributed by atoms with E-state index in [0.29, 0.717) is 16.0 Å². The van der Waals surface area contributed by atoms with Crippen molar-refractivity contribution in [2.24, 2.45) is 30.7 Å². The first kappa shape index (κ1) is 63.2. The number of fused-ring (bicyclic) bond motifs is 6. The molecule has 3 heterocycles. The first-order chi connectivity index (χ1) is 38.5. The minimum atomic E-state index is -4.88. The number of imidazole rings is 1. The number of nitriles is 1. The highest BCUT2D eigenvalue weighted by atomic mass is 32.2. The van der Waals surface area contributed by atoms with Crippen molar-refractivity contribution in [1.29, 1.82) is 5.26 Å². The molecule has 0 spiro atoms. The Morgan fingerprint density at radius 2 is 1.27 bits per heavy atom. The minimum Gasteiger partial charge on any atom is -0.493 e. The number of benzene rings is 5. The highest BCUT2D eigenvalue weighted by molar-refractivity contribution is 7.99. The Morgan fingerprint density at radius 1 is 0.675 bits per heavy atom. The highest BCUT2D eigenvalue weighted by Gasteiger charge is 2.26. The summed E-state index contributed by atoms with van der Waals surface area (Å²) >= 11 is 1.91. The Labute approximate surface area is 480 Å². The van der Waals surface area contributed by atoms with Gasteiger partial charge >= 0.3 is 10.6 Å². The second kappa shape index (κ2) is 24.4. The molecule has 0 aliphatic heterocycles. The molecule has 0 atom stereocenters. The van der Waals surface area contributed by atoms with Crippen molar-refractivity contribution in [2.75, 3.05) is 23.9 Å². The molecule has 0 saturated heterocycles. The monoisotopic (exact) mass is 1300 g/mol. The molecule has 8 aromatic rings. The van der Waals surface area contributed by atoms with Crippen LogP contribution in [0.25, 0.3) is 37.7 Å². The third kappa shape index (κ3) is 15.2. The zero-order valence-electron chi connectivity index (χ0n) is 42.7. The van der Waals surface area contributed by atoms with Crippen LogP contribution in [0.15, 0.2) is 111 Å². The van der Waals surface area contributed by atoms with Crippen molar-refractivity contribution in [3.63, 3.8) is 0 Å². The van der Waals surface area contributed by atoms with E-state index in [4.69, 9.17) is 17.4 Å². The fourth-order valence-corrected chi connectivity index (χ4v) is 12.9. The summed E-state index contributed by atoms with van der Waals surface area (Å²) in [6.45, 7) is 5.84. The number of rotatable bonds is 19. The Balaban J connectivity index is 0.00000240. The van der Waals surface area contributed by atoms with Gasteiger partial charge < -0.3 is 9.84 Å². The fraction of sp³-hybridized carbons (Fsp3) is 0.222. The first-order valence-corrected chi connectivity index (χ1v) is 33.2. The van der Waals surface area contributed by atoms with Crippen LogP contribution in [0.4, 0.5) is 33.6 Å². The maximum atomic E-state index is 12.5. The second-order valence-electron chi connectivity index (χ2n) is 17.5. The number of aromatic nitrogens is 3. The standard InChI is InChI=1S/C45H40N10O17S7.O3S/c1-22-13-33(51-53-40-25(4)29(21-46)43-47-32-20-38(78(66,67)68)24(3)15-35(32)55(43)44(40)56)36(72-9-5-11-75(57,58)59)18-30(22)49-52-34-14-23(2)31(19-37(34)73-10-6-12-76(60,61)62)50-54-45-48-41-39(79(69,70)71)16-26-7-8-27(77(63,64)65)17-28(26)42(41)74-45;1-4(2)3/h7-8,13-20,56H,5-6,9-12H2,1-4H3,(H,57,58,59)(H,60,61,62)(H,63,64,65)(H,66,67,68)(H,69,70,71);. The van der Waals surface area contributed by atoms with E-state index in [0.717, 1.165) is 51.8 Å². The molecule has 0 fully saturated rings. The predicted octanol–water partition coefficient (Wildman–Crippen LogP) is 9.07. The van der Waals surface area contributed by atoms with Crippen molar-refractivity contribution < 1.29 is 87.3 Å². The lowest BCUT2D eigenvalue weighted by Crippen LogP contribution is -2.08. The number of hydrogen-bond acceptors (Lipinski definition) is 26. The van der Waals surface area contributed by atoms with Gasteiger partial charge in [-0.15, -0.1) is 50.0 Å². The summed E-state index contributed by atoms with van der Waals surface area (Å²) < 4.78 is 200. The van der Waals surface area contributed by atoms with Crippen LogP contribution in [0, 0.1) is 39.0 Å². The highest BCUT2D eigenvalue weighted by Crippen LogP contribution is 2.44. The van der Waals surface area contributed by atoms with Crippen LogP contribution in [0.2, 0.25) is 0 Å². The zero-order valence-corrected chi connectivity index (χ0v) is 49.2. The van der Waals surface area contributed by atoms with Crippen molar-refractivity contribution in [2.45, 2.75) is 60.1 Å². The number of pyridine rings is 1. The summed E-state index contributed by atoms with van der Waals surface area (Å²) in [5.41, 5.74) is 1.24. The van der Waals surface area contributed by atoms with E-state index in [-0.39, 0.29) is 119 Å². The van der Waals surface area contributed by atoms with Crippen LogP contribution in [0.3, 0.4) is 0 Å². The number of thioether (sulfide) groups is 1. The van der Waals surface area contributed by atoms with Crippen LogP contribution in [0.5, 0.6) is 11.6 Å². The maximum Gasteiger partial charge on any atom is 0.425 e. The summed E-state index contributed by atoms with van der Waals surface area (Å²) in [6, 6.07) is 14.9. The third-order valence-corrected chi connectivity index (χ3v) is 18.1. The molecule has 0 amide bonds. The quantitative estimate of drug-likeness (QED) is 0.0190. The molecule has 8 rings (SSSR count). The van der Waals surface area contributed by atoms with Crippen LogP contribution >= 0.6 is 23.1 Å². The lowest BCUT2D eigenvalue weighted by atomic mass is 10.1. The lowest BCUT2D eigenvalue weighted by Gasteiger charge is -2.12. The van der Waals surface area contributed by atoms with Gasteiger partial charge in [0.2, 0.25) is 11.0 Å². The van der Waals surface area contributed by atoms with Crippen molar-refractivity contribution >= 4 is 156 Å². The first-order valence-electron chi connectivity index (χ1n) is 22.9. The van der Waals surface area contributed by atoms with Crippen molar-refractivity contribution in [3.05, 3.63) is 88.5 Å². The molecule has 5 aromatic carbocycles. The fourth-order valence-electron chi connectivity index (χ4n) is 7.89. The van der Waals surface area contributed by atoms with E-state index < -0.39 is 93.3 Å². The van der Waals surface area contributed by atoms with E-state index in [1.165, 1.54) is 44.2 Å². The smallest absolute Gasteiger partial charge is 0.425 e. The van der Waals surface area contributed by atoms with Gasteiger partial charge in [-0.2, -0.15) is 52.5 Å². The summed E-state index contributed by atoms with van der Waals surface area (Å²) in [5, 5.41) is 48.2. The number of aryl methyl sites for hydroxylation is 3. The molecule has 438 valence electrons. The Hall–Kier alpha value is -7.39. The lowest BCUT2D eigenvalue weighted by molar-refractivity contribution is 0.317. The molecule has 6 N–H and O–H groups in total. The number of thiazole rings is 1. The molecule has 0 radical (unpaired) electrons. The van der Waals surface area contributed by atoms with Gasteiger partial charge in [0.05, 0.1) is 60.7 Å². The number of ether oxygens (including phenoxy) is 1. The third-order valence-electron chi connectivity index (χ3n) is 11.6. The Morgan fingerprint density at radius 3 is 1.88 bits per heavy atom. The van der Waals surface area contributed by atoms with Crippen molar-refractivity contribution in [3.8, 4) is 17.7 Å². The largest absolute Gasteiger partial charge is 0.493 e. The Bertz CT molecular complexity index is 4870. The molecule has 0 aliphatic carbocycles. The molecule has 38 heteroatoms. The van der Waals surface area contributed by atoms with Gasteiger partial charge in [-0.05, 0) is 117 Å². The molecular formula is C45H40N10O20S8. The summed E-state index contributed by atoms with van der Waals surface area (Å²) in [7, 11) is -26.1. The van der Waals surface area contributed by atoms with Gasteiger partial charge in [0.25, 0.3) is 50.6 Å². The van der Waals surface area contributed by atoms with Crippen molar-refractivity contribution in [1.82, 2.24) is 14.4 Å². The molecule has 30 nitrogen and oxygen atoms in total. The van der Waals surface area contributed by atoms with E-state index in [2.05, 4.69) is 40.7 Å². The molecule has 0 aliphatic rings. The predicted molar refractivity (Wildman–Crippen MR) is 298 cm³/mol. The second-order valence-corrected chi connectivity index (χ2v) is 27.4. The van der Waals surface area contributed by atoms with E-state index in [9.17, 15) is 75.2 Å². The van der Waals surface area contributed by atoms with E-state index in [1.807, 2.05) is 6.07 Å². The summed E-state index contributed by atoms with van der Waals surface area (Å²) in [5.74, 6) is -1.70. The van der Waals surface area contributed by atoms with Gasteiger partial charge in [0.15, 0.2) is 11.3 Å². The van der Waals surface area contributed by atoms with Crippen LogP contribution in [-0.2, 0) is 61.2 Å². The molecule has 83 heavy (non-hydrogen) atoms.